The van der Waals surface area contributed by atoms with Crippen LogP contribution in [0.25, 0.3) is 0 Å². The number of benzene rings is 2. The average molecular weight is 435 g/mol. The molecule has 0 radical (unpaired) electrons. The van der Waals surface area contributed by atoms with Gasteiger partial charge in [-0.15, -0.1) is 0 Å². The summed E-state index contributed by atoms with van der Waals surface area (Å²) in [6, 6.07) is 13.1. The lowest BCUT2D eigenvalue weighted by Gasteiger charge is -2.27. The van der Waals surface area contributed by atoms with Crippen LogP contribution in [0.2, 0.25) is 0 Å². The maximum absolute atomic E-state index is 13.1. The van der Waals surface area contributed by atoms with Crippen LogP contribution in [0.5, 0.6) is 0 Å². The van der Waals surface area contributed by atoms with E-state index in [1.54, 1.807) is 4.90 Å². The second-order valence-electron chi connectivity index (χ2n) is 8.22. The molecule has 0 aliphatic carbocycles. The molecule has 0 saturated carbocycles. The smallest absolute Gasteiger partial charge is 0.259 e. The molecule has 2 amide bonds. The van der Waals surface area contributed by atoms with Gasteiger partial charge in [0.05, 0.1) is 10.9 Å². The Bertz CT molecular complexity index is 1120. The van der Waals surface area contributed by atoms with Gasteiger partial charge < -0.3 is 5.32 Å². The lowest BCUT2D eigenvalue weighted by Crippen LogP contribution is -2.43. The van der Waals surface area contributed by atoms with Gasteiger partial charge in [0, 0.05) is 11.3 Å². The Morgan fingerprint density at radius 2 is 1.84 bits per heavy atom. The minimum absolute atomic E-state index is 0.0778. The van der Waals surface area contributed by atoms with Crippen molar-refractivity contribution in [1.82, 2.24) is 4.90 Å². The number of carbonyl (C=O) groups excluding carboxylic acids is 2. The Balaban J connectivity index is 1.61. The third kappa shape index (κ3) is 3.90. The van der Waals surface area contributed by atoms with E-state index in [2.05, 4.69) is 5.32 Å². The van der Waals surface area contributed by atoms with Crippen LogP contribution in [0.4, 0.5) is 11.4 Å². The number of hydrogen-bond acceptors (Lipinski definition) is 5. The molecule has 0 bridgehead atoms. The van der Waals surface area contributed by atoms with Gasteiger partial charge in [0.25, 0.3) is 5.91 Å². The summed E-state index contributed by atoms with van der Waals surface area (Å²) in [5.74, 6) is 0.478. The number of hydrogen-bond donors (Lipinski definition) is 1. The number of nitrogens with zero attached hydrogens (tertiary/aromatic N) is 3. The second-order valence-corrected chi connectivity index (χ2v) is 9.53. The molecule has 0 aromatic heterocycles. The van der Waals surface area contributed by atoms with E-state index >= 15 is 0 Å². The number of para-hydroxylation sites is 1. The van der Waals surface area contributed by atoms with E-state index in [-0.39, 0.29) is 17.7 Å². The third-order valence-corrected chi connectivity index (χ3v) is 6.70. The summed E-state index contributed by atoms with van der Waals surface area (Å²) < 4.78 is 0. The van der Waals surface area contributed by atoms with Crippen molar-refractivity contribution in [3.05, 3.63) is 59.2 Å². The SMILES string of the molecule is Cc1cccc(NC(=O)[C@H](C)SC2=Nc3ccccc3C3=N[C@H](C(C)C)C(=O)N23)c1C. The minimum atomic E-state index is -0.448. The first-order valence-corrected chi connectivity index (χ1v) is 11.3. The Morgan fingerprint density at radius 1 is 1.10 bits per heavy atom. The maximum Gasteiger partial charge on any atom is 0.259 e. The highest BCUT2D eigenvalue weighted by molar-refractivity contribution is 8.15. The molecule has 4 rings (SSSR count). The summed E-state index contributed by atoms with van der Waals surface area (Å²) in [5.41, 5.74) is 4.57. The number of amidine groups is 2. The summed E-state index contributed by atoms with van der Waals surface area (Å²) in [6.07, 6.45) is 0. The normalized spacial score (nSPS) is 18.3. The molecule has 6 nitrogen and oxygen atoms in total. The standard InChI is InChI=1S/C24H26N4O2S/c1-13(2)20-23(30)28-21(27-20)17-10-6-7-11-19(17)26-24(28)31-16(5)22(29)25-18-12-8-9-14(3)15(18)4/h6-13,16,20H,1-5H3,(H,25,29)/t16-,20+/m0/s1. The van der Waals surface area contributed by atoms with Gasteiger partial charge in [0.15, 0.2) is 5.17 Å². The molecule has 0 spiro atoms. The van der Waals surface area contributed by atoms with Crippen molar-refractivity contribution in [2.24, 2.45) is 15.9 Å². The van der Waals surface area contributed by atoms with Crippen molar-refractivity contribution < 1.29 is 9.59 Å². The molecular weight excluding hydrogens is 408 g/mol. The Labute approximate surface area is 186 Å². The molecule has 2 atom stereocenters. The fourth-order valence-corrected chi connectivity index (χ4v) is 4.53. The van der Waals surface area contributed by atoms with Crippen LogP contribution in [0.1, 0.15) is 37.5 Å². The lowest BCUT2D eigenvalue weighted by atomic mass is 10.1. The first kappa shape index (κ1) is 21.3. The number of aliphatic imine (C=N–C) groups is 2. The number of carbonyl (C=O) groups is 2. The molecular formula is C24H26N4O2S. The summed E-state index contributed by atoms with van der Waals surface area (Å²) in [7, 11) is 0. The van der Waals surface area contributed by atoms with Gasteiger partial charge in [-0.3, -0.25) is 14.6 Å². The van der Waals surface area contributed by atoms with E-state index in [0.717, 1.165) is 28.1 Å². The lowest BCUT2D eigenvalue weighted by molar-refractivity contribution is -0.125. The highest BCUT2D eigenvalue weighted by Crippen LogP contribution is 2.36. The maximum atomic E-state index is 13.1. The number of nitrogens with one attached hydrogen (secondary N) is 1. The van der Waals surface area contributed by atoms with Crippen molar-refractivity contribution in [3.63, 3.8) is 0 Å². The fraction of sp³-hybridized carbons (Fsp3) is 0.333. The van der Waals surface area contributed by atoms with E-state index in [1.165, 1.54) is 11.8 Å². The topological polar surface area (TPSA) is 74.1 Å². The van der Waals surface area contributed by atoms with E-state index in [0.29, 0.717) is 11.0 Å². The zero-order valence-electron chi connectivity index (χ0n) is 18.3. The van der Waals surface area contributed by atoms with Gasteiger partial charge in [0.1, 0.15) is 11.9 Å². The molecule has 2 aliphatic heterocycles. The molecule has 0 fully saturated rings. The van der Waals surface area contributed by atoms with Crippen LogP contribution in [-0.2, 0) is 9.59 Å². The van der Waals surface area contributed by atoms with Crippen LogP contribution < -0.4 is 5.32 Å². The van der Waals surface area contributed by atoms with Gasteiger partial charge in [-0.1, -0.05) is 49.9 Å². The predicted molar refractivity (Wildman–Crippen MR) is 127 cm³/mol. The van der Waals surface area contributed by atoms with Crippen LogP contribution in [0.15, 0.2) is 52.4 Å². The van der Waals surface area contributed by atoms with Gasteiger partial charge in [-0.25, -0.2) is 9.89 Å². The largest absolute Gasteiger partial charge is 0.325 e. The quantitative estimate of drug-likeness (QED) is 0.759. The van der Waals surface area contributed by atoms with Crippen molar-refractivity contribution in [2.75, 3.05) is 5.32 Å². The number of amides is 2. The third-order valence-electron chi connectivity index (χ3n) is 5.64. The Kier molecular flexibility index (Phi) is 5.71. The summed E-state index contributed by atoms with van der Waals surface area (Å²) >= 11 is 1.28. The molecule has 2 aromatic rings. The zero-order valence-corrected chi connectivity index (χ0v) is 19.2. The molecule has 160 valence electrons. The number of anilines is 1. The van der Waals surface area contributed by atoms with Crippen LogP contribution in [0.3, 0.4) is 0 Å². The predicted octanol–water partition coefficient (Wildman–Crippen LogP) is 4.68. The molecule has 0 saturated heterocycles. The molecule has 31 heavy (non-hydrogen) atoms. The van der Waals surface area contributed by atoms with E-state index < -0.39 is 11.3 Å². The van der Waals surface area contributed by atoms with Gasteiger partial charge >= 0.3 is 0 Å². The van der Waals surface area contributed by atoms with Gasteiger partial charge in [-0.05, 0) is 56.0 Å². The number of aryl methyl sites for hydroxylation is 1. The Morgan fingerprint density at radius 3 is 2.58 bits per heavy atom. The van der Waals surface area contributed by atoms with E-state index in [1.807, 2.05) is 77.1 Å². The van der Waals surface area contributed by atoms with Crippen molar-refractivity contribution in [1.29, 1.82) is 0 Å². The summed E-state index contributed by atoms with van der Waals surface area (Å²) in [6.45, 7) is 9.80. The first-order valence-electron chi connectivity index (χ1n) is 10.4. The minimum Gasteiger partial charge on any atom is -0.325 e. The van der Waals surface area contributed by atoms with Crippen molar-refractivity contribution in [2.45, 2.75) is 45.9 Å². The van der Waals surface area contributed by atoms with Gasteiger partial charge in [-0.2, -0.15) is 0 Å². The second kappa shape index (κ2) is 8.30. The Hall–Kier alpha value is -2.93. The van der Waals surface area contributed by atoms with E-state index in [9.17, 15) is 9.59 Å². The molecule has 0 unspecified atom stereocenters. The number of rotatable bonds is 4. The molecule has 2 aliphatic rings. The number of thioether (sulfide) groups is 1. The van der Waals surface area contributed by atoms with Crippen LogP contribution in [-0.4, -0.2) is 39.0 Å². The van der Waals surface area contributed by atoms with Crippen LogP contribution in [0, 0.1) is 19.8 Å². The zero-order chi connectivity index (χ0) is 22.3. The fourth-order valence-electron chi connectivity index (χ4n) is 3.62. The van der Waals surface area contributed by atoms with Gasteiger partial charge in [0.2, 0.25) is 5.91 Å². The highest BCUT2D eigenvalue weighted by atomic mass is 32.2. The van der Waals surface area contributed by atoms with Crippen LogP contribution >= 0.6 is 11.8 Å². The summed E-state index contributed by atoms with van der Waals surface area (Å²) in [5, 5.41) is 3.06. The van der Waals surface area contributed by atoms with Crippen molar-refractivity contribution in [3.8, 4) is 0 Å². The monoisotopic (exact) mass is 434 g/mol. The highest BCUT2D eigenvalue weighted by Gasteiger charge is 2.43. The number of fused-ring (bicyclic) bond motifs is 3. The van der Waals surface area contributed by atoms with Crippen molar-refractivity contribution >= 4 is 46.0 Å². The average Bonchev–Trinajstić information content (AvgIpc) is 3.09. The molecule has 2 aromatic carbocycles. The molecule has 1 N–H and O–H groups in total. The first-order chi connectivity index (χ1) is 14.8. The molecule has 7 heteroatoms. The van der Waals surface area contributed by atoms with E-state index in [4.69, 9.17) is 9.98 Å². The summed E-state index contributed by atoms with van der Waals surface area (Å²) in [4.78, 5) is 37.1. The molecule has 2 heterocycles.